The predicted octanol–water partition coefficient (Wildman–Crippen LogP) is 3.40. The lowest BCUT2D eigenvalue weighted by Gasteiger charge is -2.02. The molecule has 4 rings (SSSR count). The molecule has 0 spiro atoms. The molecule has 0 aliphatic rings. The molecule has 0 aliphatic heterocycles. The summed E-state index contributed by atoms with van der Waals surface area (Å²) >= 11 is 1.58. The first kappa shape index (κ1) is 14.8. The second-order valence-corrected chi connectivity index (χ2v) is 6.63. The van der Waals surface area contributed by atoms with Gasteiger partial charge in [0.2, 0.25) is 0 Å². The maximum absolute atomic E-state index is 12.5. The van der Waals surface area contributed by atoms with Crippen molar-refractivity contribution in [2.24, 2.45) is 0 Å². The number of aromatic amines is 1. The normalized spacial score (nSPS) is 11.2. The van der Waals surface area contributed by atoms with Crippen LogP contribution < -0.4 is 5.56 Å². The summed E-state index contributed by atoms with van der Waals surface area (Å²) in [7, 11) is 0. The van der Waals surface area contributed by atoms with Crippen LogP contribution in [0.2, 0.25) is 0 Å². The van der Waals surface area contributed by atoms with E-state index in [1.807, 2.05) is 42.1 Å². The molecule has 0 bridgehead atoms. The molecular weight excluding hydrogens is 320 g/mol. The van der Waals surface area contributed by atoms with Crippen LogP contribution in [0, 0.1) is 6.92 Å². The molecule has 0 atom stereocenters. The number of aryl methyl sites for hydroxylation is 3. The summed E-state index contributed by atoms with van der Waals surface area (Å²) in [6.45, 7) is 2.68. The van der Waals surface area contributed by atoms with Gasteiger partial charge in [-0.2, -0.15) is 5.10 Å². The van der Waals surface area contributed by atoms with E-state index in [0.717, 1.165) is 20.8 Å². The molecule has 0 amide bonds. The minimum Gasteiger partial charge on any atom is -0.310 e. The molecule has 0 saturated heterocycles. The summed E-state index contributed by atoms with van der Waals surface area (Å²) in [5.74, 6) is 0.698. The van der Waals surface area contributed by atoms with Gasteiger partial charge >= 0.3 is 0 Å². The predicted molar refractivity (Wildman–Crippen MR) is 96.3 cm³/mol. The van der Waals surface area contributed by atoms with E-state index in [1.165, 1.54) is 0 Å². The van der Waals surface area contributed by atoms with Crippen molar-refractivity contribution in [1.82, 2.24) is 19.7 Å². The minimum atomic E-state index is -0.0635. The van der Waals surface area contributed by atoms with Crippen LogP contribution in [0.1, 0.15) is 11.4 Å². The number of benzene rings is 1. The molecule has 0 fully saturated rings. The van der Waals surface area contributed by atoms with E-state index in [2.05, 4.69) is 27.2 Å². The maximum atomic E-state index is 12.5. The zero-order chi connectivity index (χ0) is 16.5. The van der Waals surface area contributed by atoms with Crippen LogP contribution in [0.15, 0.2) is 53.6 Å². The third-order valence-corrected chi connectivity index (χ3v) is 5.26. The molecule has 5 nitrogen and oxygen atoms in total. The van der Waals surface area contributed by atoms with Gasteiger partial charge < -0.3 is 4.98 Å². The van der Waals surface area contributed by atoms with Crippen LogP contribution >= 0.6 is 11.3 Å². The van der Waals surface area contributed by atoms with Crippen LogP contribution in [0.3, 0.4) is 0 Å². The topological polar surface area (TPSA) is 63.6 Å². The van der Waals surface area contributed by atoms with Gasteiger partial charge in [-0.25, -0.2) is 4.98 Å². The Bertz CT molecular complexity index is 1030. The molecule has 1 aromatic carbocycles. The van der Waals surface area contributed by atoms with E-state index in [1.54, 1.807) is 17.5 Å². The van der Waals surface area contributed by atoms with Crippen molar-refractivity contribution in [3.05, 3.63) is 70.5 Å². The Morgan fingerprint density at radius 3 is 2.79 bits per heavy atom. The number of rotatable bonds is 4. The van der Waals surface area contributed by atoms with E-state index in [4.69, 9.17) is 0 Å². The molecule has 6 heteroatoms. The molecule has 0 saturated carbocycles. The molecule has 120 valence electrons. The van der Waals surface area contributed by atoms with Crippen LogP contribution in [0.5, 0.6) is 0 Å². The number of H-pyrrole nitrogens is 1. The molecule has 4 aromatic rings. The monoisotopic (exact) mass is 336 g/mol. The lowest BCUT2D eigenvalue weighted by atomic mass is 10.1. The van der Waals surface area contributed by atoms with Gasteiger partial charge in [-0.3, -0.25) is 9.48 Å². The third-order valence-electron chi connectivity index (χ3n) is 4.02. The summed E-state index contributed by atoms with van der Waals surface area (Å²) in [6, 6.07) is 12.0. The summed E-state index contributed by atoms with van der Waals surface area (Å²) in [4.78, 5) is 22.0. The number of aromatic nitrogens is 4. The first-order valence-corrected chi connectivity index (χ1v) is 8.59. The highest BCUT2D eigenvalue weighted by Crippen LogP contribution is 2.35. The first-order valence-electron chi connectivity index (χ1n) is 7.77. The largest absolute Gasteiger partial charge is 0.310 e. The SMILES string of the molecule is Cc1c(-c2ccccc2)sc2nc(CCn3cccn3)[nH]c(=O)c12. The lowest BCUT2D eigenvalue weighted by molar-refractivity contribution is 0.601. The zero-order valence-electron chi connectivity index (χ0n) is 13.2. The smallest absolute Gasteiger partial charge is 0.259 e. The molecule has 3 aromatic heterocycles. The van der Waals surface area contributed by atoms with Crippen molar-refractivity contribution < 1.29 is 0 Å². The summed E-state index contributed by atoms with van der Waals surface area (Å²) in [5.41, 5.74) is 2.05. The molecule has 24 heavy (non-hydrogen) atoms. The highest BCUT2D eigenvalue weighted by molar-refractivity contribution is 7.22. The molecule has 0 unspecified atom stereocenters. The van der Waals surface area contributed by atoms with Gasteiger partial charge in [0, 0.05) is 30.2 Å². The van der Waals surface area contributed by atoms with E-state index >= 15 is 0 Å². The van der Waals surface area contributed by atoms with Crippen LogP contribution in [-0.2, 0) is 13.0 Å². The number of hydrogen-bond donors (Lipinski definition) is 1. The van der Waals surface area contributed by atoms with Crippen LogP contribution in [-0.4, -0.2) is 19.7 Å². The minimum absolute atomic E-state index is 0.0635. The Labute approximate surface area is 142 Å². The van der Waals surface area contributed by atoms with Gasteiger partial charge in [0.1, 0.15) is 10.7 Å². The molecular formula is C18H16N4OS. The van der Waals surface area contributed by atoms with Crippen LogP contribution in [0.4, 0.5) is 0 Å². The van der Waals surface area contributed by atoms with Gasteiger partial charge in [0.15, 0.2) is 0 Å². The van der Waals surface area contributed by atoms with Crippen molar-refractivity contribution in [3.63, 3.8) is 0 Å². The standard InChI is InChI=1S/C18H16N4OS/c1-12-15-17(23)20-14(8-11-22-10-5-9-19-22)21-18(15)24-16(12)13-6-3-2-4-7-13/h2-7,9-10H,8,11H2,1H3,(H,20,21,23). The fourth-order valence-corrected chi connectivity index (χ4v) is 4.03. The van der Waals surface area contributed by atoms with E-state index in [9.17, 15) is 4.79 Å². The Balaban J connectivity index is 1.74. The number of nitrogens with one attached hydrogen (secondary N) is 1. The third kappa shape index (κ3) is 2.65. The maximum Gasteiger partial charge on any atom is 0.259 e. The van der Waals surface area contributed by atoms with Gasteiger partial charge in [-0.15, -0.1) is 11.3 Å². The van der Waals surface area contributed by atoms with Crippen LogP contribution in [0.25, 0.3) is 20.7 Å². The Morgan fingerprint density at radius 1 is 1.21 bits per heavy atom. The van der Waals surface area contributed by atoms with Crippen molar-refractivity contribution in [3.8, 4) is 10.4 Å². The molecule has 0 radical (unpaired) electrons. The second-order valence-electron chi connectivity index (χ2n) is 5.63. The Hall–Kier alpha value is -2.73. The number of hydrogen-bond acceptors (Lipinski definition) is 4. The quantitative estimate of drug-likeness (QED) is 0.621. The van der Waals surface area contributed by atoms with Gasteiger partial charge in [-0.1, -0.05) is 30.3 Å². The summed E-state index contributed by atoms with van der Waals surface area (Å²) < 4.78 is 1.83. The molecule has 1 N–H and O–H groups in total. The highest BCUT2D eigenvalue weighted by Gasteiger charge is 2.15. The van der Waals surface area contributed by atoms with E-state index in [-0.39, 0.29) is 5.56 Å². The second kappa shape index (κ2) is 6.05. The lowest BCUT2D eigenvalue weighted by Crippen LogP contribution is -2.13. The number of fused-ring (bicyclic) bond motifs is 1. The Morgan fingerprint density at radius 2 is 2.04 bits per heavy atom. The van der Waals surface area contributed by atoms with Crippen molar-refractivity contribution in [2.45, 2.75) is 19.9 Å². The average molecular weight is 336 g/mol. The molecule has 0 aliphatic carbocycles. The van der Waals surface area contributed by atoms with Gasteiger partial charge in [0.25, 0.3) is 5.56 Å². The highest BCUT2D eigenvalue weighted by atomic mass is 32.1. The fourth-order valence-electron chi connectivity index (χ4n) is 2.82. The summed E-state index contributed by atoms with van der Waals surface area (Å²) in [5, 5.41) is 4.87. The average Bonchev–Trinajstić information content (AvgIpc) is 3.22. The number of nitrogens with zero attached hydrogens (tertiary/aromatic N) is 3. The fraction of sp³-hybridized carbons (Fsp3) is 0.167. The molecule has 3 heterocycles. The van der Waals surface area contributed by atoms with Gasteiger partial charge in [-0.05, 0) is 24.1 Å². The van der Waals surface area contributed by atoms with Crippen molar-refractivity contribution >= 4 is 21.6 Å². The van der Waals surface area contributed by atoms with Crippen molar-refractivity contribution in [2.75, 3.05) is 0 Å². The van der Waals surface area contributed by atoms with E-state index < -0.39 is 0 Å². The first-order chi connectivity index (χ1) is 11.7. The number of thiophene rings is 1. The van der Waals surface area contributed by atoms with E-state index in [0.29, 0.717) is 24.2 Å². The van der Waals surface area contributed by atoms with Gasteiger partial charge in [0.05, 0.1) is 5.39 Å². The Kier molecular flexibility index (Phi) is 3.74. The van der Waals surface area contributed by atoms with Crippen molar-refractivity contribution in [1.29, 1.82) is 0 Å². The summed E-state index contributed by atoms with van der Waals surface area (Å²) in [6.07, 6.45) is 4.29. The zero-order valence-corrected chi connectivity index (χ0v) is 14.0.